The van der Waals surface area contributed by atoms with Gasteiger partial charge in [0.25, 0.3) is 11.5 Å². The standard InChI is InChI=1S/C10H13N5O4/c11-10-13-8-7(9(18)14-10)12-3-15(8)6-1-4(17)5(2-16)19-6/h3-6,16-17H,1-2H2,(H3,11,13,14,18)/p+1. The Morgan fingerprint density at radius 3 is 3.11 bits per heavy atom. The number of anilines is 1. The number of aliphatic hydroxyl groups excluding tert-OH is 2. The van der Waals surface area contributed by atoms with Crippen molar-refractivity contribution in [3.63, 3.8) is 0 Å². The number of aromatic nitrogens is 4. The number of nitrogens with two attached hydrogens (primary N) is 1. The molecule has 0 amide bonds. The van der Waals surface area contributed by atoms with Crippen LogP contribution in [0.2, 0.25) is 0 Å². The van der Waals surface area contributed by atoms with E-state index in [9.17, 15) is 9.90 Å². The molecule has 19 heavy (non-hydrogen) atoms. The minimum atomic E-state index is -0.758. The summed E-state index contributed by atoms with van der Waals surface area (Å²) in [5.41, 5.74) is 5.75. The van der Waals surface area contributed by atoms with E-state index in [1.807, 2.05) is 0 Å². The Labute approximate surface area is 106 Å². The number of imidazole rings is 1. The van der Waals surface area contributed by atoms with E-state index in [4.69, 9.17) is 15.6 Å². The summed E-state index contributed by atoms with van der Waals surface area (Å²) in [6.07, 6.45) is -0.0658. The molecule has 3 unspecified atom stereocenters. The van der Waals surface area contributed by atoms with Crippen molar-refractivity contribution in [1.82, 2.24) is 15.0 Å². The fourth-order valence-electron chi connectivity index (χ4n) is 2.26. The van der Waals surface area contributed by atoms with Gasteiger partial charge in [0.2, 0.25) is 5.52 Å². The maximum atomic E-state index is 11.7. The maximum Gasteiger partial charge on any atom is 0.313 e. The van der Waals surface area contributed by atoms with Gasteiger partial charge in [-0.05, 0) is 0 Å². The van der Waals surface area contributed by atoms with Crippen molar-refractivity contribution in [2.45, 2.75) is 24.9 Å². The van der Waals surface area contributed by atoms with Gasteiger partial charge in [-0.2, -0.15) is 0 Å². The number of hydrogen-bond acceptors (Lipinski definition) is 6. The Morgan fingerprint density at radius 2 is 2.42 bits per heavy atom. The molecule has 1 aliphatic rings. The van der Waals surface area contributed by atoms with Gasteiger partial charge >= 0.3 is 5.65 Å². The third kappa shape index (κ3) is 1.87. The lowest BCUT2D eigenvalue weighted by Gasteiger charge is -2.10. The molecule has 0 spiro atoms. The van der Waals surface area contributed by atoms with Crippen LogP contribution in [0.1, 0.15) is 12.6 Å². The second-order valence-electron chi connectivity index (χ2n) is 4.45. The van der Waals surface area contributed by atoms with Gasteiger partial charge in [0.1, 0.15) is 6.10 Å². The smallest absolute Gasteiger partial charge is 0.313 e. The summed E-state index contributed by atoms with van der Waals surface area (Å²) in [7, 11) is 0. The number of nitrogens with zero attached hydrogens (tertiary/aromatic N) is 2. The minimum absolute atomic E-state index is 0.00287. The second-order valence-corrected chi connectivity index (χ2v) is 4.45. The van der Waals surface area contributed by atoms with Crippen molar-refractivity contribution < 1.29 is 19.5 Å². The lowest BCUT2D eigenvalue weighted by atomic mass is 10.2. The van der Waals surface area contributed by atoms with Gasteiger partial charge in [-0.25, -0.2) is 4.57 Å². The molecule has 3 atom stereocenters. The number of aliphatic hydroxyl groups is 2. The number of ether oxygens (including phenoxy) is 1. The monoisotopic (exact) mass is 268 g/mol. The van der Waals surface area contributed by atoms with Crippen LogP contribution in [0.25, 0.3) is 11.2 Å². The van der Waals surface area contributed by atoms with Gasteiger partial charge in [0, 0.05) is 6.42 Å². The Morgan fingerprint density at radius 1 is 1.63 bits per heavy atom. The summed E-state index contributed by atoms with van der Waals surface area (Å²) >= 11 is 0. The van der Waals surface area contributed by atoms with Crippen LogP contribution in [0.5, 0.6) is 0 Å². The summed E-state index contributed by atoms with van der Waals surface area (Å²) in [5.74, 6) is 0.00287. The fourth-order valence-corrected chi connectivity index (χ4v) is 2.26. The van der Waals surface area contributed by atoms with Crippen LogP contribution in [0.4, 0.5) is 5.95 Å². The number of aromatic amines is 2. The van der Waals surface area contributed by atoms with Crippen LogP contribution < -0.4 is 15.9 Å². The molecular formula is C10H14N5O4+. The predicted octanol–water partition coefficient (Wildman–Crippen LogP) is -2.24. The molecule has 3 heterocycles. The summed E-state index contributed by atoms with van der Waals surface area (Å²) < 4.78 is 7.09. The number of fused-ring (bicyclic) bond motifs is 1. The van der Waals surface area contributed by atoms with Gasteiger partial charge < -0.3 is 20.7 Å². The lowest BCUT2D eigenvalue weighted by molar-refractivity contribution is -0.738. The van der Waals surface area contributed by atoms with Crippen molar-refractivity contribution in [2.75, 3.05) is 12.3 Å². The average molecular weight is 268 g/mol. The van der Waals surface area contributed by atoms with Crippen molar-refractivity contribution in [3.8, 4) is 0 Å². The molecular weight excluding hydrogens is 254 g/mol. The molecule has 0 aromatic carbocycles. The van der Waals surface area contributed by atoms with E-state index in [1.165, 1.54) is 6.33 Å². The molecule has 3 rings (SSSR count). The predicted molar refractivity (Wildman–Crippen MR) is 62.9 cm³/mol. The first-order chi connectivity index (χ1) is 9.10. The maximum absolute atomic E-state index is 11.7. The molecule has 1 aliphatic heterocycles. The number of hydrogen-bond donors (Lipinski definition) is 5. The molecule has 6 N–H and O–H groups in total. The molecule has 0 bridgehead atoms. The number of nitrogens with one attached hydrogen (secondary N) is 2. The summed E-state index contributed by atoms with van der Waals surface area (Å²) in [6, 6.07) is 0. The molecule has 1 saturated heterocycles. The van der Waals surface area contributed by atoms with Gasteiger partial charge in [-0.1, -0.05) is 4.98 Å². The van der Waals surface area contributed by atoms with E-state index in [0.717, 1.165) is 0 Å². The first-order valence-electron chi connectivity index (χ1n) is 5.82. The molecule has 102 valence electrons. The van der Waals surface area contributed by atoms with Crippen molar-refractivity contribution in [2.24, 2.45) is 0 Å². The highest BCUT2D eigenvalue weighted by Crippen LogP contribution is 2.25. The Balaban J connectivity index is 2.05. The highest BCUT2D eigenvalue weighted by molar-refractivity contribution is 5.65. The highest BCUT2D eigenvalue weighted by atomic mass is 16.5. The van der Waals surface area contributed by atoms with Crippen molar-refractivity contribution in [3.05, 3.63) is 16.7 Å². The lowest BCUT2D eigenvalue weighted by Crippen LogP contribution is -2.39. The number of rotatable bonds is 2. The van der Waals surface area contributed by atoms with Crippen molar-refractivity contribution >= 4 is 17.1 Å². The van der Waals surface area contributed by atoms with Gasteiger partial charge in [0.15, 0.2) is 12.6 Å². The molecule has 2 aromatic rings. The zero-order valence-electron chi connectivity index (χ0n) is 9.91. The van der Waals surface area contributed by atoms with E-state index in [-0.39, 0.29) is 23.6 Å². The van der Waals surface area contributed by atoms with Gasteiger partial charge in [-0.15, -0.1) is 0 Å². The number of H-pyrrole nitrogens is 2. The Hall–Kier alpha value is -1.97. The molecule has 0 radical (unpaired) electrons. The molecule has 0 aliphatic carbocycles. The topological polar surface area (TPSA) is 141 Å². The summed E-state index contributed by atoms with van der Waals surface area (Å²) in [4.78, 5) is 20.9. The van der Waals surface area contributed by atoms with Crippen LogP contribution in [-0.2, 0) is 4.74 Å². The Bertz CT molecular complexity index is 665. The highest BCUT2D eigenvalue weighted by Gasteiger charge is 2.38. The van der Waals surface area contributed by atoms with E-state index >= 15 is 0 Å². The first-order valence-corrected chi connectivity index (χ1v) is 5.82. The van der Waals surface area contributed by atoms with Crippen LogP contribution in [0.3, 0.4) is 0 Å². The summed E-state index contributed by atoms with van der Waals surface area (Å²) in [6.45, 7) is -0.267. The van der Waals surface area contributed by atoms with Gasteiger partial charge in [-0.3, -0.25) is 14.8 Å². The zero-order chi connectivity index (χ0) is 13.6. The SMILES string of the molecule is Nc1nc2c([nH]c[n+]2C2CC(O)C(CO)O2)c(=O)[nH]1. The molecule has 2 aromatic heterocycles. The van der Waals surface area contributed by atoms with E-state index in [2.05, 4.69) is 15.0 Å². The third-order valence-corrected chi connectivity index (χ3v) is 3.21. The average Bonchev–Trinajstić information content (AvgIpc) is 2.92. The third-order valence-electron chi connectivity index (χ3n) is 3.21. The van der Waals surface area contributed by atoms with Crippen LogP contribution in [0.15, 0.2) is 11.1 Å². The van der Waals surface area contributed by atoms with Crippen molar-refractivity contribution in [1.29, 1.82) is 0 Å². The van der Waals surface area contributed by atoms with E-state index in [1.54, 1.807) is 4.57 Å². The fraction of sp³-hybridized carbons (Fsp3) is 0.500. The van der Waals surface area contributed by atoms with Crippen LogP contribution in [-0.4, -0.2) is 44.0 Å². The zero-order valence-corrected chi connectivity index (χ0v) is 9.91. The largest absolute Gasteiger partial charge is 0.394 e. The minimum Gasteiger partial charge on any atom is -0.394 e. The number of nitrogen functional groups attached to an aromatic ring is 1. The van der Waals surface area contributed by atoms with Crippen LogP contribution >= 0.6 is 0 Å². The second kappa shape index (κ2) is 4.30. The first kappa shape index (κ1) is 12.1. The normalized spacial score (nSPS) is 27.2. The summed E-state index contributed by atoms with van der Waals surface area (Å²) in [5, 5.41) is 18.8. The van der Waals surface area contributed by atoms with E-state index in [0.29, 0.717) is 12.1 Å². The molecule has 1 fully saturated rings. The van der Waals surface area contributed by atoms with Crippen LogP contribution in [0, 0.1) is 0 Å². The molecule has 9 nitrogen and oxygen atoms in total. The Kier molecular flexibility index (Phi) is 2.73. The van der Waals surface area contributed by atoms with E-state index < -0.39 is 18.4 Å². The van der Waals surface area contributed by atoms with Gasteiger partial charge in [0.05, 0.1) is 12.7 Å². The quantitative estimate of drug-likeness (QED) is 0.390. The molecule has 0 saturated carbocycles. The molecule has 9 heteroatoms.